The summed E-state index contributed by atoms with van der Waals surface area (Å²) in [6.45, 7) is 0.825. The summed E-state index contributed by atoms with van der Waals surface area (Å²) in [5.74, 6) is 0.843. The first-order valence-corrected chi connectivity index (χ1v) is 5.51. The van der Waals surface area contributed by atoms with E-state index in [1.807, 2.05) is 12.1 Å². The van der Waals surface area contributed by atoms with E-state index in [-0.39, 0.29) is 0 Å². The van der Waals surface area contributed by atoms with E-state index in [9.17, 15) is 0 Å². The average molecular weight is 215 g/mol. The van der Waals surface area contributed by atoms with Crippen LogP contribution in [0.25, 0.3) is 11.3 Å². The van der Waals surface area contributed by atoms with Crippen LogP contribution in [-0.4, -0.2) is 16.2 Å². The summed E-state index contributed by atoms with van der Waals surface area (Å²) in [4.78, 5) is 3.99. The summed E-state index contributed by atoms with van der Waals surface area (Å²) in [5.41, 5.74) is 2.14. The molecule has 1 fully saturated rings. The lowest BCUT2D eigenvalue weighted by atomic mass is 10.1. The summed E-state index contributed by atoms with van der Waals surface area (Å²) >= 11 is 0. The molecule has 2 aromatic rings. The highest BCUT2D eigenvalue weighted by Crippen LogP contribution is 2.24. The second-order valence-corrected chi connectivity index (χ2v) is 4.07. The fraction of sp³-hybridized carbons (Fsp3) is 0.333. The van der Waals surface area contributed by atoms with E-state index in [1.54, 1.807) is 18.6 Å². The third kappa shape index (κ3) is 1.97. The SMILES string of the molecule is c1cc(-c2oncc2CNC2CC2)ccn1. The lowest BCUT2D eigenvalue weighted by Crippen LogP contribution is -2.15. The number of nitrogens with one attached hydrogen (secondary N) is 1. The lowest BCUT2D eigenvalue weighted by Gasteiger charge is -2.02. The van der Waals surface area contributed by atoms with Crippen LogP contribution in [-0.2, 0) is 6.54 Å². The van der Waals surface area contributed by atoms with Gasteiger partial charge in [0.05, 0.1) is 6.20 Å². The molecule has 1 N–H and O–H groups in total. The molecular formula is C12H13N3O. The zero-order valence-corrected chi connectivity index (χ0v) is 8.89. The Morgan fingerprint density at radius 1 is 1.31 bits per heavy atom. The van der Waals surface area contributed by atoms with Gasteiger partial charge in [-0.05, 0) is 25.0 Å². The maximum atomic E-state index is 5.29. The van der Waals surface area contributed by atoms with Crippen molar-refractivity contribution in [3.63, 3.8) is 0 Å². The fourth-order valence-corrected chi connectivity index (χ4v) is 1.67. The molecular weight excluding hydrogens is 202 g/mol. The van der Waals surface area contributed by atoms with Gasteiger partial charge in [0.15, 0.2) is 5.76 Å². The third-order valence-electron chi connectivity index (χ3n) is 2.75. The highest BCUT2D eigenvalue weighted by molar-refractivity contribution is 5.59. The second-order valence-electron chi connectivity index (χ2n) is 4.07. The average Bonchev–Trinajstić information content (AvgIpc) is 3.05. The van der Waals surface area contributed by atoms with E-state index in [1.165, 1.54) is 12.8 Å². The minimum absolute atomic E-state index is 0.695. The number of rotatable bonds is 4. The van der Waals surface area contributed by atoms with E-state index in [0.717, 1.165) is 23.4 Å². The van der Waals surface area contributed by atoms with Crippen molar-refractivity contribution in [2.75, 3.05) is 0 Å². The number of nitrogens with zero attached hydrogens (tertiary/aromatic N) is 2. The Labute approximate surface area is 93.7 Å². The van der Waals surface area contributed by atoms with Crippen LogP contribution in [0.4, 0.5) is 0 Å². The van der Waals surface area contributed by atoms with Crippen molar-refractivity contribution in [2.45, 2.75) is 25.4 Å². The Morgan fingerprint density at radius 2 is 2.12 bits per heavy atom. The lowest BCUT2D eigenvalue weighted by molar-refractivity contribution is 0.431. The normalized spacial score (nSPS) is 15.2. The van der Waals surface area contributed by atoms with Gasteiger partial charge < -0.3 is 9.84 Å². The Bertz CT molecular complexity index is 462. The monoisotopic (exact) mass is 215 g/mol. The molecule has 0 radical (unpaired) electrons. The molecule has 2 aromatic heterocycles. The van der Waals surface area contributed by atoms with Gasteiger partial charge in [-0.3, -0.25) is 4.98 Å². The van der Waals surface area contributed by atoms with Crippen LogP contribution in [0.15, 0.2) is 35.2 Å². The molecule has 16 heavy (non-hydrogen) atoms. The molecule has 2 heterocycles. The van der Waals surface area contributed by atoms with Gasteiger partial charge >= 0.3 is 0 Å². The molecule has 0 aliphatic heterocycles. The first-order valence-electron chi connectivity index (χ1n) is 5.51. The molecule has 0 aromatic carbocycles. The number of pyridine rings is 1. The smallest absolute Gasteiger partial charge is 0.171 e. The Morgan fingerprint density at radius 3 is 2.88 bits per heavy atom. The van der Waals surface area contributed by atoms with Gasteiger partial charge in [0.25, 0.3) is 0 Å². The quantitative estimate of drug-likeness (QED) is 0.847. The molecule has 0 bridgehead atoms. The number of aromatic nitrogens is 2. The Balaban J connectivity index is 1.81. The third-order valence-corrected chi connectivity index (χ3v) is 2.75. The second kappa shape index (κ2) is 4.06. The molecule has 4 heteroatoms. The summed E-state index contributed by atoms with van der Waals surface area (Å²) in [5, 5.41) is 7.31. The van der Waals surface area contributed by atoms with Crippen LogP contribution in [0.5, 0.6) is 0 Å². The van der Waals surface area contributed by atoms with E-state index in [2.05, 4.69) is 15.5 Å². The predicted octanol–water partition coefficient (Wildman–Crippen LogP) is 1.99. The molecule has 0 unspecified atom stereocenters. The molecule has 82 valence electrons. The minimum atomic E-state index is 0.695. The standard InChI is InChI=1S/C12H13N3O/c1-2-11(1)14-7-10-8-15-16-12(10)9-3-5-13-6-4-9/h3-6,8,11,14H,1-2,7H2. The first kappa shape index (κ1) is 9.54. The molecule has 0 saturated heterocycles. The van der Waals surface area contributed by atoms with E-state index in [4.69, 9.17) is 4.52 Å². The van der Waals surface area contributed by atoms with E-state index in [0.29, 0.717) is 6.04 Å². The van der Waals surface area contributed by atoms with Crippen molar-refractivity contribution in [3.8, 4) is 11.3 Å². The fourth-order valence-electron chi connectivity index (χ4n) is 1.67. The summed E-state index contributed by atoms with van der Waals surface area (Å²) < 4.78 is 5.29. The van der Waals surface area contributed by atoms with Gasteiger partial charge in [-0.15, -0.1) is 0 Å². The number of hydrogen-bond donors (Lipinski definition) is 1. The molecule has 1 aliphatic carbocycles. The Kier molecular flexibility index (Phi) is 2.42. The molecule has 1 aliphatic rings. The van der Waals surface area contributed by atoms with Crippen LogP contribution in [0.1, 0.15) is 18.4 Å². The molecule has 3 rings (SSSR count). The summed E-state index contributed by atoms with van der Waals surface area (Å²) in [6.07, 6.45) is 7.88. The van der Waals surface area contributed by atoms with Gasteiger partial charge in [-0.1, -0.05) is 5.16 Å². The molecule has 4 nitrogen and oxygen atoms in total. The van der Waals surface area contributed by atoms with Gasteiger partial charge in [-0.2, -0.15) is 0 Å². The van der Waals surface area contributed by atoms with Crippen LogP contribution in [0, 0.1) is 0 Å². The predicted molar refractivity (Wildman–Crippen MR) is 59.6 cm³/mol. The van der Waals surface area contributed by atoms with Crippen molar-refractivity contribution in [3.05, 3.63) is 36.3 Å². The summed E-state index contributed by atoms with van der Waals surface area (Å²) in [7, 11) is 0. The highest BCUT2D eigenvalue weighted by atomic mass is 16.5. The molecule has 1 saturated carbocycles. The van der Waals surface area contributed by atoms with E-state index >= 15 is 0 Å². The maximum absolute atomic E-state index is 5.29. The van der Waals surface area contributed by atoms with Crippen molar-refractivity contribution >= 4 is 0 Å². The van der Waals surface area contributed by atoms with Crippen molar-refractivity contribution in [1.29, 1.82) is 0 Å². The van der Waals surface area contributed by atoms with Crippen LogP contribution in [0.3, 0.4) is 0 Å². The zero-order chi connectivity index (χ0) is 10.8. The Hall–Kier alpha value is -1.68. The zero-order valence-electron chi connectivity index (χ0n) is 8.89. The largest absolute Gasteiger partial charge is 0.356 e. The molecule has 0 spiro atoms. The molecule has 0 amide bonds. The van der Waals surface area contributed by atoms with Crippen LogP contribution >= 0.6 is 0 Å². The van der Waals surface area contributed by atoms with Gasteiger partial charge in [-0.25, -0.2) is 0 Å². The van der Waals surface area contributed by atoms with Gasteiger partial charge in [0.1, 0.15) is 0 Å². The molecule has 0 atom stereocenters. The topological polar surface area (TPSA) is 51.0 Å². The number of hydrogen-bond acceptors (Lipinski definition) is 4. The van der Waals surface area contributed by atoms with Crippen molar-refractivity contribution < 1.29 is 4.52 Å². The van der Waals surface area contributed by atoms with Crippen LogP contribution in [0.2, 0.25) is 0 Å². The summed E-state index contributed by atoms with van der Waals surface area (Å²) in [6, 6.07) is 4.56. The minimum Gasteiger partial charge on any atom is -0.356 e. The van der Waals surface area contributed by atoms with E-state index < -0.39 is 0 Å². The van der Waals surface area contributed by atoms with Crippen molar-refractivity contribution in [2.24, 2.45) is 0 Å². The van der Waals surface area contributed by atoms with Crippen LogP contribution < -0.4 is 5.32 Å². The van der Waals surface area contributed by atoms with Crippen molar-refractivity contribution in [1.82, 2.24) is 15.5 Å². The highest BCUT2D eigenvalue weighted by Gasteiger charge is 2.21. The van der Waals surface area contributed by atoms with Gasteiger partial charge in [0, 0.05) is 36.1 Å². The van der Waals surface area contributed by atoms with Gasteiger partial charge in [0.2, 0.25) is 0 Å². The first-order chi connectivity index (χ1) is 7.93. The maximum Gasteiger partial charge on any atom is 0.171 e.